The first-order valence-corrected chi connectivity index (χ1v) is 21.7. The molecule has 2 heterocycles. The Morgan fingerprint density at radius 3 is 1.56 bits per heavy atom. The lowest BCUT2D eigenvalue weighted by Crippen LogP contribution is -2.69. The maximum atomic E-state index is 12.3. The van der Waals surface area contributed by atoms with Crippen molar-refractivity contribution < 1.29 is 54.3 Å². The van der Waals surface area contributed by atoms with E-state index in [9.17, 15) is 32.2 Å². The van der Waals surface area contributed by atoms with Gasteiger partial charge in [0.25, 0.3) is 0 Å². The van der Waals surface area contributed by atoms with Crippen molar-refractivity contribution in [1.29, 1.82) is 0 Å². The molecule has 4 aromatic rings. The Hall–Kier alpha value is -5.31. The summed E-state index contributed by atoms with van der Waals surface area (Å²) in [7, 11) is -4.62. The van der Waals surface area contributed by atoms with Gasteiger partial charge in [0.1, 0.15) is 34.1 Å². The Kier molecular flexibility index (Phi) is 15.6. The monoisotopic (exact) mass is 856 g/mol. The third kappa shape index (κ3) is 12.8. The molecular weight excluding hydrogens is 809 g/mol. The predicted molar refractivity (Wildman–Crippen MR) is 218 cm³/mol. The van der Waals surface area contributed by atoms with Gasteiger partial charge in [0.15, 0.2) is 0 Å². The quantitative estimate of drug-likeness (QED) is 0.0352. The van der Waals surface area contributed by atoms with Crippen LogP contribution in [0, 0.1) is 10.1 Å². The van der Waals surface area contributed by atoms with Crippen LogP contribution in [0.5, 0.6) is 23.0 Å². The fraction of sp³-hybridized carbons (Fsp3) is 0.375. The first-order valence-electron chi connectivity index (χ1n) is 18.5. The van der Waals surface area contributed by atoms with Gasteiger partial charge in [-0.25, -0.2) is 0 Å². The molecule has 2 aliphatic heterocycles. The highest BCUT2D eigenvalue weighted by Gasteiger charge is 2.53. The van der Waals surface area contributed by atoms with Gasteiger partial charge in [-0.1, -0.05) is 65.8 Å². The predicted octanol–water partition coefficient (Wildman–Crippen LogP) is 4.18. The average molecular weight is 857 g/mol. The number of nitrogens with zero attached hydrogens (tertiary/aromatic N) is 2. The topological polar surface area (TPSA) is 223 Å². The van der Waals surface area contributed by atoms with Crippen molar-refractivity contribution in [3.63, 3.8) is 0 Å². The number of oxime groups is 1. The first-order chi connectivity index (χ1) is 28.3. The van der Waals surface area contributed by atoms with Crippen molar-refractivity contribution in [2.45, 2.75) is 43.1 Å². The Labute approximate surface area is 343 Å². The summed E-state index contributed by atoms with van der Waals surface area (Å²) in [6.07, 6.45) is -0.175. The van der Waals surface area contributed by atoms with Gasteiger partial charge in [-0.15, -0.1) is 0 Å². The molecule has 0 bridgehead atoms. The van der Waals surface area contributed by atoms with Crippen LogP contribution in [0.1, 0.15) is 24.0 Å². The molecule has 1 atom stereocenters. The number of methoxy groups -OCH3 is 2. The third-order valence-electron chi connectivity index (χ3n) is 9.74. The van der Waals surface area contributed by atoms with E-state index in [4.69, 9.17) is 27.3 Å². The number of nitrogens with one attached hydrogen (secondary N) is 2. The van der Waals surface area contributed by atoms with Crippen molar-refractivity contribution >= 4 is 25.9 Å². The van der Waals surface area contributed by atoms with Crippen molar-refractivity contribution in [3.8, 4) is 23.0 Å². The van der Waals surface area contributed by atoms with E-state index in [2.05, 4.69) is 15.8 Å². The van der Waals surface area contributed by atoms with Gasteiger partial charge in [0.05, 0.1) is 57.9 Å². The largest absolute Gasteiger partial charge is 0.497 e. The van der Waals surface area contributed by atoms with E-state index in [1.54, 1.807) is 74.9 Å². The SMILES string of the molecule is COc1ccc(CNC2(C(CCS(=O)(=O)Oc3ccccc3)=NO)COC2)cc1.COc1ccc(CNC2(C(CCS(=O)(=O)Oc3ccccc3)[N+](=O)[O-])COC2)cc1. The maximum absolute atomic E-state index is 12.3. The number of hydrogen-bond acceptors (Lipinski definition) is 16. The van der Waals surface area contributed by atoms with Crippen LogP contribution in [-0.4, -0.2) is 102 Å². The number of hydrogen-bond donors (Lipinski definition) is 3. The molecule has 0 saturated carbocycles. The smallest absolute Gasteiger partial charge is 0.309 e. The summed E-state index contributed by atoms with van der Waals surface area (Å²) in [5, 5.41) is 31.2. The molecule has 17 nitrogen and oxygen atoms in total. The number of benzene rings is 4. The van der Waals surface area contributed by atoms with Crippen LogP contribution in [-0.2, 0) is 42.8 Å². The van der Waals surface area contributed by atoms with Crippen LogP contribution in [0.25, 0.3) is 0 Å². The average Bonchev–Trinajstić information content (AvgIpc) is 3.20. The second-order valence-electron chi connectivity index (χ2n) is 13.8. The number of rotatable bonds is 21. The Balaban J connectivity index is 0.000000224. The molecule has 1 unspecified atom stereocenters. The van der Waals surface area contributed by atoms with Crippen LogP contribution in [0.2, 0.25) is 0 Å². The molecule has 0 spiro atoms. The van der Waals surface area contributed by atoms with Gasteiger partial charge in [-0.05, 0) is 59.7 Å². The minimum Gasteiger partial charge on any atom is -0.497 e. The Morgan fingerprint density at radius 2 is 1.17 bits per heavy atom. The molecule has 0 amide bonds. The highest BCUT2D eigenvalue weighted by Crippen LogP contribution is 2.28. The summed E-state index contributed by atoms with van der Waals surface area (Å²) in [5.74, 6) is 1.11. The molecule has 2 saturated heterocycles. The lowest BCUT2D eigenvalue weighted by molar-refractivity contribution is -0.543. The standard InChI is InChI=1S/C20H24N2O7S.C20H24N2O6S/c1-27-17-9-7-16(8-10-17)13-21-20(14-28-15-20)19(22(23)24)11-12-30(25,26)29-18-5-3-2-4-6-18;1-26-17-9-7-16(8-10-17)13-21-20(14-27-15-20)19(22-23)11-12-29(24,25)28-18-5-3-2-4-6-18/h2-10,19,21H,11-15H2,1H3;2-10,21,23H,11-15H2,1H3. The molecule has 59 heavy (non-hydrogen) atoms. The van der Waals surface area contributed by atoms with Crippen LogP contribution in [0.3, 0.4) is 0 Å². The molecule has 0 aromatic heterocycles. The van der Waals surface area contributed by atoms with Gasteiger partial charge >= 0.3 is 20.2 Å². The van der Waals surface area contributed by atoms with Crippen LogP contribution >= 0.6 is 0 Å². The van der Waals surface area contributed by atoms with E-state index >= 15 is 0 Å². The zero-order valence-corrected chi connectivity index (χ0v) is 34.2. The highest BCUT2D eigenvalue weighted by atomic mass is 32.2. The lowest BCUT2D eigenvalue weighted by Gasteiger charge is -2.43. The summed E-state index contributed by atoms with van der Waals surface area (Å²) in [6.45, 7) is 1.73. The first kappa shape index (κ1) is 44.8. The number of ether oxygens (including phenoxy) is 4. The molecule has 2 aliphatic rings. The van der Waals surface area contributed by atoms with E-state index < -0.39 is 48.0 Å². The second kappa shape index (κ2) is 20.6. The minimum absolute atomic E-state index is 0.0185. The molecule has 2 fully saturated rings. The Bertz CT molecular complexity index is 2190. The third-order valence-corrected chi connectivity index (χ3v) is 12.1. The molecule has 3 N–H and O–H groups in total. The van der Waals surface area contributed by atoms with E-state index in [0.29, 0.717) is 37.8 Å². The fourth-order valence-corrected chi connectivity index (χ4v) is 8.15. The molecular formula is C40H48N4O13S2. The van der Waals surface area contributed by atoms with Gasteiger partial charge in [-0.3, -0.25) is 20.7 Å². The molecule has 19 heteroatoms. The maximum Gasteiger partial charge on any atom is 0.309 e. The summed E-state index contributed by atoms with van der Waals surface area (Å²) < 4.78 is 80.1. The zero-order valence-electron chi connectivity index (χ0n) is 32.6. The number of nitro groups is 1. The summed E-state index contributed by atoms with van der Waals surface area (Å²) >= 11 is 0. The van der Waals surface area contributed by atoms with Crippen molar-refractivity contribution in [3.05, 3.63) is 130 Å². The van der Waals surface area contributed by atoms with Gasteiger partial charge in [-0.2, -0.15) is 16.8 Å². The van der Waals surface area contributed by atoms with Crippen molar-refractivity contribution in [2.75, 3.05) is 52.2 Å². The normalized spacial score (nSPS) is 16.2. The zero-order chi connectivity index (χ0) is 42.4. The van der Waals surface area contributed by atoms with Crippen LogP contribution in [0.4, 0.5) is 0 Å². The van der Waals surface area contributed by atoms with Crippen molar-refractivity contribution in [1.82, 2.24) is 10.6 Å². The summed E-state index contributed by atoms with van der Waals surface area (Å²) in [4.78, 5) is 11.3. The summed E-state index contributed by atoms with van der Waals surface area (Å²) in [6, 6.07) is 30.1. The fourth-order valence-electron chi connectivity index (χ4n) is 6.22. The van der Waals surface area contributed by atoms with Crippen LogP contribution in [0.15, 0.2) is 114 Å². The van der Waals surface area contributed by atoms with E-state index in [0.717, 1.165) is 16.9 Å². The van der Waals surface area contributed by atoms with Gasteiger partial charge < -0.3 is 32.5 Å². The molecule has 0 radical (unpaired) electrons. The molecule has 318 valence electrons. The molecule has 6 rings (SSSR count). The van der Waals surface area contributed by atoms with Gasteiger partial charge in [0, 0.05) is 30.9 Å². The van der Waals surface area contributed by atoms with Crippen LogP contribution < -0.4 is 28.5 Å². The highest BCUT2D eigenvalue weighted by molar-refractivity contribution is 7.87. The Morgan fingerprint density at radius 1 is 0.712 bits per heavy atom. The lowest BCUT2D eigenvalue weighted by atomic mass is 9.86. The summed E-state index contributed by atoms with van der Waals surface area (Å²) in [5.41, 5.74) is 0.596. The van der Waals surface area contributed by atoms with Crippen molar-refractivity contribution in [2.24, 2.45) is 5.16 Å². The number of para-hydroxylation sites is 2. The molecule has 0 aliphatic carbocycles. The minimum atomic E-state index is -3.97. The van der Waals surface area contributed by atoms with Gasteiger partial charge in [0.2, 0.25) is 6.04 Å². The van der Waals surface area contributed by atoms with E-state index in [-0.39, 0.29) is 43.3 Å². The van der Waals surface area contributed by atoms with E-state index in [1.807, 2.05) is 36.4 Å². The van der Waals surface area contributed by atoms with E-state index in [1.165, 1.54) is 12.1 Å². The molecule has 4 aromatic carbocycles. The second-order valence-corrected chi connectivity index (χ2v) is 17.2.